The number of thiazole rings is 1. The summed E-state index contributed by atoms with van der Waals surface area (Å²) in [5.74, 6) is -0.410. The van der Waals surface area contributed by atoms with Crippen molar-refractivity contribution >= 4 is 33.0 Å². The van der Waals surface area contributed by atoms with Crippen LogP contribution in [0.4, 0.5) is 5.69 Å². The van der Waals surface area contributed by atoms with E-state index in [-0.39, 0.29) is 30.2 Å². The van der Waals surface area contributed by atoms with Crippen molar-refractivity contribution in [2.24, 2.45) is 5.92 Å². The minimum atomic E-state index is -3.16. The van der Waals surface area contributed by atoms with Crippen LogP contribution in [0.5, 0.6) is 0 Å². The highest BCUT2D eigenvalue weighted by Crippen LogP contribution is 2.34. The highest BCUT2D eigenvalue weighted by atomic mass is 32.2. The van der Waals surface area contributed by atoms with Crippen molar-refractivity contribution in [2.75, 3.05) is 18.4 Å². The van der Waals surface area contributed by atoms with Gasteiger partial charge in [0.25, 0.3) is 0 Å². The molecular weight excluding hydrogens is 358 g/mol. The summed E-state index contributed by atoms with van der Waals surface area (Å²) in [4.78, 5) is 16.8. The van der Waals surface area contributed by atoms with E-state index in [2.05, 4.69) is 10.3 Å². The molecule has 25 heavy (non-hydrogen) atoms. The molecule has 0 spiro atoms. The van der Waals surface area contributed by atoms with Crippen LogP contribution in [0.15, 0.2) is 29.6 Å². The predicted molar refractivity (Wildman–Crippen MR) is 97.9 cm³/mol. The van der Waals surface area contributed by atoms with E-state index in [1.807, 2.05) is 36.6 Å². The number of rotatable bonds is 5. The van der Waals surface area contributed by atoms with Crippen LogP contribution in [-0.4, -0.2) is 42.0 Å². The molecule has 1 aliphatic heterocycles. The Morgan fingerprint density at radius 3 is 2.72 bits per heavy atom. The smallest absolute Gasteiger partial charge is 0.230 e. The average Bonchev–Trinajstić information content (AvgIpc) is 3.29. The number of anilines is 1. The van der Waals surface area contributed by atoms with Crippen molar-refractivity contribution in [1.82, 2.24) is 9.29 Å². The Labute approximate surface area is 150 Å². The summed E-state index contributed by atoms with van der Waals surface area (Å²) in [6.07, 6.45) is 1.50. The topological polar surface area (TPSA) is 79.4 Å². The van der Waals surface area contributed by atoms with Crippen molar-refractivity contribution in [3.63, 3.8) is 0 Å². The van der Waals surface area contributed by atoms with Crippen molar-refractivity contribution in [2.45, 2.75) is 25.0 Å². The van der Waals surface area contributed by atoms with E-state index in [0.29, 0.717) is 5.69 Å². The number of benzene rings is 1. The molecule has 1 saturated carbocycles. The Morgan fingerprint density at radius 2 is 2.08 bits per heavy atom. The normalized spacial score (nSPS) is 18.8. The summed E-state index contributed by atoms with van der Waals surface area (Å²) < 4.78 is 25.6. The van der Waals surface area contributed by atoms with E-state index in [1.165, 1.54) is 4.31 Å². The Hall–Kier alpha value is -1.77. The maximum Gasteiger partial charge on any atom is 0.230 e. The second kappa shape index (κ2) is 6.19. The average molecular weight is 377 g/mol. The highest BCUT2D eigenvalue weighted by molar-refractivity contribution is 7.90. The lowest BCUT2D eigenvalue weighted by atomic mass is 10.0. The van der Waals surface area contributed by atoms with E-state index in [1.54, 1.807) is 11.3 Å². The molecule has 132 valence electrons. The van der Waals surface area contributed by atoms with Gasteiger partial charge in [0, 0.05) is 29.7 Å². The maximum atomic E-state index is 12.4. The van der Waals surface area contributed by atoms with Gasteiger partial charge in [-0.05, 0) is 31.9 Å². The first kappa shape index (κ1) is 16.7. The van der Waals surface area contributed by atoms with Gasteiger partial charge in [-0.25, -0.2) is 13.4 Å². The number of aromatic nitrogens is 1. The molecule has 2 fully saturated rings. The van der Waals surface area contributed by atoms with Crippen LogP contribution in [0.25, 0.3) is 11.3 Å². The van der Waals surface area contributed by atoms with Gasteiger partial charge in [0.2, 0.25) is 15.9 Å². The van der Waals surface area contributed by atoms with Gasteiger partial charge in [0.15, 0.2) is 0 Å². The van der Waals surface area contributed by atoms with Gasteiger partial charge in [-0.1, -0.05) is 12.1 Å². The zero-order chi connectivity index (χ0) is 17.6. The van der Waals surface area contributed by atoms with E-state index in [0.717, 1.165) is 29.1 Å². The van der Waals surface area contributed by atoms with E-state index >= 15 is 0 Å². The van der Waals surface area contributed by atoms with Crippen LogP contribution in [0.2, 0.25) is 0 Å². The van der Waals surface area contributed by atoms with Crippen LogP contribution in [0.3, 0.4) is 0 Å². The maximum absolute atomic E-state index is 12.4. The minimum Gasteiger partial charge on any atom is -0.326 e. The molecule has 0 unspecified atom stereocenters. The second-order valence-electron chi connectivity index (χ2n) is 6.58. The van der Waals surface area contributed by atoms with Crippen LogP contribution in [0.1, 0.15) is 17.8 Å². The third-order valence-corrected chi connectivity index (χ3v) is 7.67. The number of hydrogen-bond acceptors (Lipinski definition) is 5. The molecule has 2 heterocycles. The van der Waals surface area contributed by atoms with Gasteiger partial charge in [-0.3, -0.25) is 4.79 Å². The number of amides is 1. The number of carbonyl (C=O) groups excluding carboxylic acids is 1. The standard InChI is InChI=1S/C17H19N3O3S2/c1-11-18-16(10-24-11)12-3-2-4-14(7-12)19-17(21)13-8-20(9-13)25(22,23)15-5-6-15/h2-4,7,10,13,15H,5-6,8-9H2,1H3,(H,19,21). The summed E-state index contributed by atoms with van der Waals surface area (Å²) >= 11 is 1.59. The van der Waals surface area contributed by atoms with Crippen molar-refractivity contribution in [3.05, 3.63) is 34.7 Å². The number of sulfonamides is 1. The first-order valence-corrected chi connectivity index (χ1v) is 10.6. The molecule has 8 heteroatoms. The van der Waals surface area contributed by atoms with Gasteiger partial charge in [0.1, 0.15) is 0 Å². The zero-order valence-corrected chi connectivity index (χ0v) is 15.4. The fourth-order valence-electron chi connectivity index (χ4n) is 2.89. The largest absolute Gasteiger partial charge is 0.326 e. The van der Waals surface area contributed by atoms with E-state index in [4.69, 9.17) is 0 Å². The van der Waals surface area contributed by atoms with Crippen LogP contribution < -0.4 is 5.32 Å². The van der Waals surface area contributed by atoms with Gasteiger partial charge in [0.05, 0.1) is 21.9 Å². The Kier molecular flexibility index (Phi) is 4.13. The van der Waals surface area contributed by atoms with Gasteiger partial charge < -0.3 is 5.32 Å². The monoisotopic (exact) mass is 377 g/mol. The second-order valence-corrected chi connectivity index (χ2v) is 9.86. The summed E-state index contributed by atoms with van der Waals surface area (Å²) in [5, 5.41) is 5.66. The molecule has 1 amide bonds. The number of nitrogens with zero attached hydrogens (tertiary/aromatic N) is 2. The van der Waals surface area contributed by atoms with Gasteiger partial charge in [-0.15, -0.1) is 11.3 Å². The Balaban J connectivity index is 1.39. The summed E-state index contributed by atoms with van der Waals surface area (Å²) in [5.41, 5.74) is 2.55. The quantitative estimate of drug-likeness (QED) is 0.868. The molecule has 2 aliphatic rings. The third kappa shape index (κ3) is 3.33. The molecule has 0 atom stereocenters. The van der Waals surface area contributed by atoms with Crippen molar-refractivity contribution in [3.8, 4) is 11.3 Å². The number of carbonyl (C=O) groups is 1. The zero-order valence-electron chi connectivity index (χ0n) is 13.8. The first-order valence-electron chi connectivity index (χ1n) is 8.26. The Morgan fingerprint density at radius 1 is 1.32 bits per heavy atom. The van der Waals surface area contributed by atoms with Crippen LogP contribution in [-0.2, 0) is 14.8 Å². The predicted octanol–water partition coefficient (Wildman–Crippen LogP) is 2.48. The molecule has 1 N–H and O–H groups in total. The van der Waals surface area contributed by atoms with Crippen LogP contribution >= 0.6 is 11.3 Å². The minimum absolute atomic E-state index is 0.131. The van der Waals surface area contributed by atoms with Crippen molar-refractivity contribution in [1.29, 1.82) is 0 Å². The summed E-state index contributed by atoms with van der Waals surface area (Å²) in [6, 6.07) is 7.56. The van der Waals surface area contributed by atoms with Crippen molar-refractivity contribution < 1.29 is 13.2 Å². The molecule has 2 aromatic rings. The molecule has 1 aromatic carbocycles. The molecule has 1 aliphatic carbocycles. The number of hydrogen-bond donors (Lipinski definition) is 1. The van der Waals surface area contributed by atoms with E-state index < -0.39 is 10.0 Å². The molecule has 1 aromatic heterocycles. The number of aryl methyl sites for hydroxylation is 1. The fourth-order valence-corrected chi connectivity index (χ4v) is 5.44. The summed E-state index contributed by atoms with van der Waals surface area (Å²) in [7, 11) is -3.16. The highest BCUT2D eigenvalue weighted by Gasteiger charge is 2.46. The van der Waals surface area contributed by atoms with E-state index in [9.17, 15) is 13.2 Å². The van der Waals surface area contributed by atoms with Gasteiger partial charge >= 0.3 is 0 Å². The lowest BCUT2D eigenvalue weighted by Crippen LogP contribution is -2.55. The van der Waals surface area contributed by atoms with Crippen LogP contribution in [0, 0.1) is 12.8 Å². The summed E-state index contributed by atoms with van der Waals surface area (Å²) in [6.45, 7) is 2.53. The molecule has 0 bridgehead atoms. The number of nitrogens with one attached hydrogen (secondary N) is 1. The molecule has 0 radical (unpaired) electrons. The lowest BCUT2D eigenvalue weighted by Gasteiger charge is -2.37. The van der Waals surface area contributed by atoms with Gasteiger partial charge in [-0.2, -0.15) is 4.31 Å². The third-order valence-electron chi connectivity index (χ3n) is 4.57. The molecule has 6 nitrogen and oxygen atoms in total. The molecular formula is C17H19N3O3S2. The Bertz CT molecular complexity index is 913. The SMILES string of the molecule is Cc1nc(-c2cccc(NC(=O)C3CN(S(=O)(=O)C4CC4)C3)c2)cs1. The molecule has 4 rings (SSSR count). The fraction of sp³-hybridized carbons (Fsp3) is 0.412. The first-order chi connectivity index (χ1) is 11.9. The molecule has 1 saturated heterocycles. The lowest BCUT2D eigenvalue weighted by molar-refractivity contribution is -0.122.